The van der Waals surface area contributed by atoms with Gasteiger partial charge in [-0.05, 0) is 6.07 Å². The maximum absolute atomic E-state index is 12.9. The zero-order valence-electron chi connectivity index (χ0n) is 13.3. The van der Waals surface area contributed by atoms with E-state index in [2.05, 4.69) is 30.4 Å². The number of ether oxygens (including phenoxy) is 1. The standard InChI is InChI=1S/C15H13ClFN7O/c1-24-9-3-8(16)15(25-2)21-12(9)11(7-5-18-19-6-7)13(24)14-20-10(4-17)22-23-14/h3,5-6H,4H2,1-2H3,(H,18,19)(H,20,22,23). The summed E-state index contributed by atoms with van der Waals surface area (Å²) in [5.74, 6) is 0.833. The molecule has 0 aromatic carbocycles. The number of aromatic nitrogens is 7. The minimum absolute atomic E-state index is 0.0852. The first-order valence-electron chi connectivity index (χ1n) is 7.33. The van der Waals surface area contributed by atoms with Crippen LogP contribution in [0.1, 0.15) is 5.82 Å². The predicted octanol–water partition coefficient (Wildman–Crippen LogP) is 2.88. The number of halogens is 2. The normalized spacial score (nSPS) is 11.4. The number of pyridine rings is 1. The Bertz CT molecular complexity index is 1050. The summed E-state index contributed by atoms with van der Waals surface area (Å²) in [4.78, 5) is 8.74. The van der Waals surface area contributed by atoms with Gasteiger partial charge in [-0.3, -0.25) is 10.2 Å². The molecule has 25 heavy (non-hydrogen) atoms. The Morgan fingerprint density at radius 2 is 2.20 bits per heavy atom. The van der Waals surface area contributed by atoms with Gasteiger partial charge in [0.15, 0.2) is 18.3 Å². The number of hydrogen-bond acceptors (Lipinski definition) is 5. The minimum Gasteiger partial charge on any atom is -0.480 e. The molecular weight excluding hydrogens is 349 g/mol. The lowest BCUT2D eigenvalue weighted by Gasteiger charge is -2.03. The van der Waals surface area contributed by atoms with Crippen LogP contribution < -0.4 is 4.74 Å². The van der Waals surface area contributed by atoms with Gasteiger partial charge >= 0.3 is 0 Å². The van der Waals surface area contributed by atoms with Crippen LogP contribution in [0, 0.1) is 0 Å². The van der Waals surface area contributed by atoms with Crippen molar-refractivity contribution >= 4 is 22.6 Å². The fourth-order valence-corrected chi connectivity index (χ4v) is 3.07. The number of nitrogens with zero attached hydrogens (tertiary/aromatic N) is 5. The summed E-state index contributed by atoms with van der Waals surface area (Å²) >= 11 is 6.23. The van der Waals surface area contributed by atoms with Crippen molar-refractivity contribution in [3.05, 3.63) is 29.3 Å². The van der Waals surface area contributed by atoms with Crippen LogP contribution in [0.4, 0.5) is 4.39 Å². The van der Waals surface area contributed by atoms with Crippen LogP contribution in [0.2, 0.25) is 5.02 Å². The van der Waals surface area contributed by atoms with Gasteiger partial charge in [0, 0.05) is 24.4 Å². The van der Waals surface area contributed by atoms with Gasteiger partial charge in [0.05, 0.1) is 24.5 Å². The number of alkyl halides is 1. The lowest BCUT2D eigenvalue weighted by Crippen LogP contribution is -1.95. The smallest absolute Gasteiger partial charge is 0.233 e. The molecule has 4 rings (SSSR count). The van der Waals surface area contributed by atoms with Gasteiger partial charge in [-0.25, -0.2) is 14.4 Å². The molecule has 0 unspecified atom stereocenters. The van der Waals surface area contributed by atoms with Crippen LogP contribution in [-0.2, 0) is 13.7 Å². The molecule has 0 atom stereocenters. The Hall–Kier alpha value is -2.94. The number of hydrogen-bond donors (Lipinski definition) is 2. The van der Waals surface area contributed by atoms with Crippen LogP contribution in [0.3, 0.4) is 0 Å². The van der Waals surface area contributed by atoms with Crippen LogP contribution >= 0.6 is 11.6 Å². The van der Waals surface area contributed by atoms with Gasteiger partial charge < -0.3 is 9.30 Å². The highest BCUT2D eigenvalue weighted by Gasteiger charge is 2.24. The Balaban J connectivity index is 2.10. The van der Waals surface area contributed by atoms with Crippen molar-refractivity contribution < 1.29 is 9.13 Å². The van der Waals surface area contributed by atoms with E-state index < -0.39 is 6.67 Å². The molecule has 0 amide bonds. The summed E-state index contributed by atoms with van der Waals surface area (Å²) in [6.45, 7) is -0.751. The van der Waals surface area contributed by atoms with Crippen molar-refractivity contribution in [2.75, 3.05) is 7.11 Å². The molecule has 8 nitrogen and oxygen atoms in total. The SMILES string of the molecule is COc1nc2c(-c3cn[nH]c3)c(-c3nc(CF)n[nH]3)n(C)c2cc1Cl. The summed E-state index contributed by atoms with van der Waals surface area (Å²) in [6.07, 6.45) is 3.42. The summed E-state index contributed by atoms with van der Waals surface area (Å²) in [6, 6.07) is 1.77. The van der Waals surface area contributed by atoms with E-state index in [-0.39, 0.29) is 5.82 Å². The number of aromatic amines is 2. The lowest BCUT2D eigenvalue weighted by molar-refractivity contribution is 0.400. The molecule has 0 aliphatic rings. The molecule has 0 saturated heterocycles. The van der Waals surface area contributed by atoms with Crippen molar-refractivity contribution in [2.24, 2.45) is 7.05 Å². The highest BCUT2D eigenvalue weighted by molar-refractivity contribution is 6.32. The van der Waals surface area contributed by atoms with Crippen LogP contribution in [0.15, 0.2) is 18.5 Å². The Morgan fingerprint density at radius 3 is 2.84 bits per heavy atom. The van der Waals surface area contributed by atoms with Gasteiger partial charge in [0.2, 0.25) is 5.88 Å². The third-order valence-corrected chi connectivity index (χ3v) is 4.22. The van der Waals surface area contributed by atoms with Gasteiger partial charge in [0.25, 0.3) is 0 Å². The van der Waals surface area contributed by atoms with Crippen LogP contribution in [0.25, 0.3) is 33.7 Å². The van der Waals surface area contributed by atoms with E-state index in [4.69, 9.17) is 16.3 Å². The largest absolute Gasteiger partial charge is 0.480 e. The zero-order chi connectivity index (χ0) is 17.6. The number of fused-ring (bicyclic) bond motifs is 1. The van der Waals surface area contributed by atoms with Crippen molar-refractivity contribution in [1.82, 2.24) is 34.9 Å². The molecule has 0 saturated carbocycles. The molecule has 0 spiro atoms. The third kappa shape index (κ3) is 2.35. The molecule has 128 valence electrons. The second kappa shape index (κ2) is 5.85. The van der Waals surface area contributed by atoms with E-state index >= 15 is 0 Å². The van der Waals surface area contributed by atoms with E-state index in [1.165, 1.54) is 7.11 Å². The maximum atomic E-state index is 12.9. The Labute approximate surface area is 146 Å². The molecule has 4 aromatic heterocycles. The highest BCUT2D eigenvalue weighted by atomic mass is 35.5. The molecule has 0 aliphatic carbocycles. The Kier molecular flexibility index (Phi) is 3.65. The Morgan fingerprint density at radius 1 is 1.36 bits per heavy atom. The molecule has 10 heteroatoms. The number of H-pyrrole nitrogens is 2. The van der Waals surface area contributed by atoms with Crippen molar-refractivity contribution in [3.63, 3.8) is 0 Å². The molecular formula is C15H13ClFN7O. The fraction of sp³-hybridized carbons (Fsp3) is 0.200. The zero-order valence-corrected chi connectivity index (χ0v) is 14.1. The monoisotopic (exact) mass is 361 g/mol. The first kappa shape index (κ1) is 15.6. The molecule has 0 radical (unpaired) electrons. The van der Waals surface area contributed by atoms with Gasteiger partial charge in [-0.2, -0.15) is 10.2 Å². The second-order valence-corrected chi connectivity index (χ2v) is 5.76. The van der Waals surface area contributed by atoms with E-state index in [1.807, 2.05) is 11.6 Å². The average Bonchev–Trinajstić information content (AvgIpc) is 3.34. The van der Waals surface area contributed by atoms with Gasteiger partial charge in [-0.15, -0.1) is 0 Å². The first-order chi connectivity index (χ1) is 12.1. The van der Waals surface area contributed by atoms with Crippen molar-refractivity contribution in [1.29, 1.82) is 0 Å². The summed E-state index contributed by atoms with van der Waals surface area (Å²) in [5.41, 5.74) is 3.70. The van der Waals surface area contributed by atoms with E-state index in [0.29, 0.717) is 27.9 Å². The molecule has 0 aliphatic heterocycles. The summed E-state index contributed by atoms with van der Waals surface area (Å²) in [7, 11) is 3.36. The summed E-state index contributed by atoms with van der Waals surface area (Å²) < 4.78 is 20.0. The van der Waals surface area contributed by atoms with E-state index in [1.54, 1.807) is 18.5 Å². The predicted molar refractivity (Wildman–Crippen MR) is 90.0 cm³/mol. The number of rotatable bonds is 4. The third-order valence-electron chi connectivity index (χ3n) is 3.95. The second-order valence-electron chi connectivity index (χ2n) is 5.35. The lowest BCUT2D eigenvalue weighted by atomic mass is 10.1. The quantitative estimate of drug-likeness (QED) is 0.582. The number of nitrogens with one attached hydrogen (secondary N) is 2. The van der Waals surface area contributed by atoms with Gasteiger partial charge in [-0.1, -0.05) is 11.6 Å². The molecule has 0 fully saturated rings. The van der Waals surface area contributed by atoms with E-state index in [9.17, 15) is 4.39 Å². The minimum atomic E-state index is -0.751. The van der Waals surface area contributed by atoms with E-state index in [0.717, 1.165) is 16.6 Å². The average molecular weight is 362 g/mol. The maximum Gasteiger partial charge on any atom is 0.233 e. The molecule has 2 N–H and O–H groups in total. The van der Waals surface area contributed by atoms with Crippen molar-refractivity contribution in [2.45, 2.75) is 6.67 Å². The number of methoxy groups -OCH3 is 1. The topological polar surface area (TPSA) is 97.3 Å². The van der Waals surface area contributed by atoms with Crippen LogP contribution in [-0.4, -0.2) is 42.0 Å². The molecule has 4 aromatic rings. The molecule has 4 heterocycles. The highest BCUT2D eigenvalue weighted by Crippen LogP contribution is 2.40. The van der Waals surface area contributed by atoms with Crippen molar-refractivity contribution in [3.8, 4) is 28.5 Å². The first-order valence-corrected chi connectivity index (χ1v) is 7.71. The number of aryl methyl sites for hydroxylation is 1. The van der Waals surface area contributed by atoms with Gasteiger partial charge in [0.1, 0.15) is 10.5 Å². The van der Waals surface area contributed by atoms with Crippen LogP contribution in [0.5, 0.6) is 5.88 Å². The summed E-state index contributed by atoms with van der Waals surface area (Å²) in [5, 5.41) is 13.8. The fourth-order valence-electron chi connectivity index (χ4n) is 2.85. The molecule has 0 bridgehead atoms.